The van der Waals surface area contributed by atoms with Crippen LogP contribution in [-0.2, 0) is 4.74 Å². The van der Waals surface area contributed by atoms with Crippen molar-refractivity contribution in [1.29, 1.82) is 0 Å². The average molecular weight is 254 g/mol. The van der Waals surface area contributed by atoms with Crippen molar-refractivity contribution in [3.63, 3.8) is 0 Å². The molecule has 2 rings (SSSR count). The van der Waals surface area contributed by atoms with Crippen molar-refractivity contribution in [2.75, 3.05) is 0 Å². The molecule has 0 saturated carbocycles. The fourth-order valence-corrected chi connectivity index (χ4v) is 3.61. The molecule has 18 heavy (non-hydrogen) atoms. The molecule has 0 radical (unpaired) electrons. The van der Waals surface area contributed by atoms with Gasteiger partial charge in [-0.3, -0.25) is 0 Å². The van der Waals surface area contributed by atoms with E-state index < -0.39 is 0 Å². The van der Waals surface area contributed by atoms with Gasteiger partial charge >= 0.3 is 0 Å². The summed E-state index contributed by atoms with van der Waals surface area (Å²) in [4.78, 5) is 0. The number of unbranched alkanes of at least 4 members (excludes halogenated alkanes) is 6. The molecule has 2 aliphatic rings. The van der Waals surface area contributed by atoms with Crippen molar-refractivity contribution in [2.45, 2.75) is 95.9 Å². The Morgan fingerprint density at radius 2 is 1.78 bits per heavy atom. The Kier molecular flexibility index (Phi) is 5.97. The average Bonchev–Trinajstić information content (AvgIpc) is 2.99. The van der Waals surface area contributed by atoms with Gasteiger partial charge in [-0.1, -0.05) is 51.9 Å². The Bertz CT molecular complexity index is 229. The highest BCUT2D eigenvalue weighted by molar-refractivity contribution is 4.92. The molecule has 0 amide bonds. The molecule has 2 heterocycles. The zero-order valence-corrected chi connectivity index (χ0v) is 11.9. The van der Waals surface area contributed by atoms with E-state index in [1.54, 1.807) is 0 Å². The van der Waals surface area contributed by atoms with Crippen molar-refractivity contribution in [3.05, 3.63) is 0 Å². The van der Waals surface area contributed by atoms with E-state index >= 15 is 0 Å². The van der Waals surface area contributed by atoms with Crippen LogP contribution < -0.4 is 0 Å². The van der Waals surface area contributed by atoms with Gasteiger partial charge in [0, 0.05) is 5.92 Å². The number of hydrogen-bond donors (Lipinski definition) is 1. The van der Waals surface area contributed by atoms with E-state index in [4.69, 9.17) is 4.74 Å². The third kappa shape index (κ3) is 3.96. The minimum Gasteiger partial charge on any atom is -0.393 e. The molecule has 0 aliphatic carbocycles. The highest BCUT2D eigenvalue weighted by Gasteiger charge is 2.43. The second kappa shape index (κ2) is 7.49. The Labute approximate surface area is 112 Å². The first-order valence-corrected chi connectivity index (χ1v) is 8.14. The van der Waals surface area contributed by atoms with Crippen LogP contribution in [0.1, 0.15) is 77.6 Å². The lowest BCUT2D eigenvalue weighted by atomic mass is 9.83. The van der Waals surface area contributed by atoms with Crippen LogP contribution in [0.3, 0.4) is 0 Å². The molecule has 0 aromatic heterocycles. The van der Waals surface area contributed by atoms with Crippen LogP contribution in [0.2, 0.25) is 0 Å². The molecular formula is C16H30O2. The Hall–Kier alpha value is -0.0800. The van der Waals surface area contributed by atoms with Gasteiger partial charge in [0.1, 0.15) is 0 Å². The maximum absolute atomic E-state index is 10.2. The zero-order chi connectivity index (χ0) is 12.8. The Balaban J connectivity index is 1.49. The lowest BCUT2D eigenvalue weighted by Gasteiger charge is -2.24. The van der Waals surface area contributed by atoms with E-state index in [1.165, 1.54) is 57.8 Å². The molecule has 4 atom stereocenters. The van der Waals surface area contributed by atoms with Crippen molar-refractivity contribution in [1.82, 2.24) is 0 Å². The van der Waals surface area contributed by atoms with Crippen molar-refractivity contribution in [2.24, 2.45) is 5.92 Å². The van der Waals surface area contributed by atoms with Gasteiger partial charge in [-0.15, -0.1) is 0 Å². The highest BCUT2D eigenvalue weighted by Crippen LogP contribution is 2.41. The molecule has 2 bridgehead atoms. The topological polar surface area (TPSA) is 29.5 Å². The third-order valence-electron chi connectivity index (χ3n) is 4.75. The summed E-state index contributed by atoms with van der Waals surface area (Å²) < 4.78 is 5.82. The minimum atomic E-state index is -0.101. The van der Waals surface area contributed by atoms with E-state index in [-0.39, 0.29) is 6.10 Å². The number of aliphatic hydroxyl groups excluding tert-OH is 1. The maximum Gasteiger partial charge on any atom is 0.0633 e. The lowest BCUT2D eigenvalue weighted by Crippen LogP contribution is -2.29. The third-order valence-corrected chi connectivity index (χ3v) is 4.75. The van der Waals surface area contributed by atoms with Gasteiger partial charge in [-0.2, -0.15) is 0 Å². The summed E-state index contributed by atoms with van der Waals surface area (Å²) in [5.74, 6) is 0.448. The van der Waals surface area contributed by atoms with Crippen LogP contribution in [0.15, 0.2) is 0 Å². The maximum atomic E-state index is 10.2. The van der Waals surface area contributed by atoms with Crippen molar-refractivity contribution >= 4 is 0 Å². The van der Waals surface area contributed by atoms with Crippen LogP contribution in [-0.4, -0.2) is 23.4 Å². The highest BCUT2D eigenvalue weighted by atomic mass is 16.5. The molecule has 4 unspecified atom stereocenters. The largest absolute Gasteiger partial charge is 0.393 e. The lowest BCUT2D eigenvalue weighted by molar-refractivity contribution is 0.0377. The SMILES string of the molecule is CCCCCCCCCC(O)C1CC2CCC1O2. The number of hydrogen-bond acceptors (Lipinski definition) is 2. The summed E-state index contributed by atoms with van der Waals surface area (Å²) in [7, 11) is 0. The minimum absolute atomic E-state index is 0.101. The summed E-state index contributed by atoms with van der Waals surface area (Å²) in [6.45, 7) is 2.26. The van der Waals surface area contributed by atoms with Crippen LogP contribution in [0.4, 0.5) is 0 Å². The van der Waals surface area contributed by atoms with Crippen LogP contribution >= 0.6 is 0 Å². The zero-order valence-electron chi connectivity index (χ0n) is 11.9. The molecule has 2 saturated heterocycles. The van der Waals surface area contributed by atoms with Crippen molar-refractivity contribution in [3.8, 4) is 0 Å². The molecule has 2 nitrogen and oxygen atoms in total. The van der Waals surface area contributed by atoms with Gasteiger partial charge in [-0.25, -0.2) is 0 Å². The van der Waals surface area contributed by atoms with E-state index in [0.29, 0.717) is 18.1 Å². The fourth-order valence-electron chi connectivity index (χ4n) is 3.61. The summed E-state index contributed by atoms with van der Waals surface area (Å²) >= 11 is 0. The molecule has 2 fully saturated rings. The van der Waals surface area contributed by atoms with Crippen LogP contribution in [0.25, 0.3) is 0 Å². The van der Waals surface area contributed by atoms with Crippen molar-refractivity contribution < 1.29 is 9.84 Å². The summed E-state index contributed by atoms with van der Waals surface area (Å²) in [6.07, 6.45) is 14.6. The van der Waals surface area contributed by atoms with E-state index in [9.17, 15) is 5.11 Å². The summed E-state index contributed by atoms with van der Waals surface area (Å²) in [5, 5.41) is 10.2. The Morgan fingerprint density at radius 1 is 1.06 bits per heavy atom. The molecule has 0 aromatic rings. The molecule has 0 aromatic carbocycles. The van der Waals surface area contributed by atoms with Gasteiger partial charge in [0.25, 0.3) is 0 Å². The van der Waals surface area contributed by atoms with Gasteiger partial charge in [-0.05, 0) is 25.7 Å². The smallest absolute Gasteiger partial charge is 0.0633 e. The van der Waals surface area contributed by atoms with Gasteiger partial charge < -0.3 is 9.84 Å². The normalized spacial score (nSPS) is 32.0. The molecule has 106 valence electrons. The first-order valence-electron chi connectivity index (χ1n) is 8.14. The van der Waals surface area contributed by atoms with Crippen LogP contribution in [0, 0.1) is 5.92 Å². The van der Waals surface area contributed by atoms with E-state index in [2.05, 4.69) is 6.92 Å². The predicted molar refractivity (Wildman–Crippen MR) is 74.6 cm³/mol. The summed E-state index contributed by atoms with van der Waals surface area (Å²) in [5.41, 5.74) is 0. The van der Waals surface area contributed by atoms with Gasteiger partial charge in [0.15, 0.2) is 0 Å². The first-order chi connectivity index (χ1) is 8.81. The number of rotatable bonds is 9. The Morgan fingerprint density at radius 3 is 2.39 bits per heavy atom. The number of aliphatic hydroxyl groups is 1. The van der Waals surface area contributed by atoms with Crippen LogP contribution in [0.5, 0.6) is 0 Å². The predicted octanol–water partition coefficient (Wildman–Crippen LogP) is 4.06. The summed E-state index contributed by atoms with van der Waals surface area (Å²) in [6, 6.07) is 0. The quantitative estimate of drug-likeness (QED) is 0.629. The molecule has 0 spiro atoms. The molecule has 2 heteroatoms. The second-order valence-corrected chi connectivity index (χ2v) is 6.25. The number of fused-ring (bicyclic) bond motifs is 2. The second-order valence-electron chi connectivity index (χ2n) is 6.25. The first kappa shape index (κ1) is 14.3. The number of ether oxygens (including phenoxy) is 1. The monoisotopic (exact) mass is 254 g/mol. The molecule has 2 aliphatic heterocycles. The van der Waals surface area contributed by atoms with Gasteiger partial charge in [0.05, 0.1) is 18.3 Å². The molecule has 1 N–H and O–H groups in total. The van der Waals surface area contributed by atoms with E-state index in [0.717, 1.165) is 12.8 Å². The fraction of sp³-hybridized carbons (Fsp3) is 1.00. The molecular weight excluding hydrogens is 224 g/mol. The van der Waals surface area contributed by atoms with Gasteiger partial charge in [0.2, 0.25) is 0 Å². The standard InChI is InChI=1S/C16H30O2/c1-2-3-4-5-6-7-8-9-15(17)14-12-13-10-11-16(14)18-13/h13-17H,2-12H2,1H3. The van der Waals surface area contributed by atoms with E-state index in [1.807, 2.05) is 0 Å².